The molecule has 0 N–H and O–H groups in total. The van der Waals surface area contributed by atoms with Gasteiger partial charge in [-0.1, -0.05) is 30.5 Å². The lowest BCUT2D eigenvalue weighted by molar-refractivity contribution is 0.618. The molecule has 0 aromatic heterocycles. The molecule has 2 rings (SSSR count). The van der Waals surface area contributed by atoms with Crippen molar-refractivity contribution >= 4 is 17.3 Å². The zero-order valence-electron chi connectivity index (χ0n) is 10.9. The van der Waals surface area contributed by atoms with Crippen LogP contribution in [0.25, 0.3) is 0 Å². The average Bonchev–Trinajstić information content (AvgIpc) is 2.85. The summed E-state index contributed by atoms with van der Waals surface area (Å²) in [5.41, 5.74) is 3.92. The monoisotopic (exact) mass is 251 g/mol. The fourth-order valence-corrected chi connectivity index (χ4v) is 3.16. The molecule has 0 bridgehead atoms. The molecule has 1 nitrogen and oxygen atoms in total. The van der Waals surface area contributed by atoms with Crippen molar-refractivity contribution in [3.63, 3.8) is 0 Å². The lowest BCUT2D eigenvalue weighted by atomic mass is 10.1. The highest BCUT2D eigenvalue weighted by atomic mass is 35.5. The third-order valence-electron chi connectivity index (χ3n) is 3.79. The Bertz CT molecular complexity index is 369. The minimum atomic E-state index is 0.611. The first-order chi connectivity index (χ1) is 8.26. The first kappa shape index (κ1) is 12.8. The number of benzene rings is 1. The number of aryl methyl sites for hydroxylation is 1. The number of halogens is 1. The molecule has 0 heterocycles. The Morgan fingerprint density at radius 3 is 2.59 bits per heavy atom. The number of anilines is 1. The number of nitrogens with zero attached hydrogens (tertiary/aromatic N) is 1. The Morgan fingerprint density at radius 1 is 1.29 bits per heavy atom. The zero-order valence-corrected chi connectivity index (χ0v) is 11.6. The first-order valence-electron chi connectivity index (χ1n) is 6.68. The molecule has 1 aliphatic rings. The summed E-state index contributed by atoms with van der Waals surface area (Å²) < 4.78 is 0. The van der Waals surface area contributed by atoms with E-state index in [4.69, 9.17) is 11.6 Å². The van der Waals surface area contributed by atoms with Gasteiger partial charge in [0, 0.05) is 24.2 Å². The van der Waals surface area contributed by atoms with Gasteiger partial charge in [0.2, 0.25) is 0 Å². The molecule has 0 unspecified atom stereocenters. The second-order valence-corrected chi connectivity index (χ2v) is 5.26. The van der Waals surface area contributed by atoms with Crippen molar-refractivity contribution in [1.82, 2.24) is 0 Å². The van der Waals surface area contributed by atoms with E-state index >= 15 is 0 Å². The topological polar surface area (TPSA) is 3.24 Å². The molecule has 1 saturated carbocycles. The van der Waals surface area contributed by atoms with Crippen LogP contribution >= 0.6 is 11.6 Å². The van der Waals surface area contributed by atoms with Crippen LogP contribution < -0.4 is 4.90 Å². The van der Waals surface area contributed by atoms with Gasteiger partial charge in [-0.3, -0.25) is 0 Å². The van der Waals surface area contributed by atoms with E-state index in [-0.39, 0.29) is 0 Å². The van der Waals surface area contributed by atoms with Gasteiger partial charge < -0.3 is 4.90 Å². The predicted octanol–water partition coefficient (Wildman–Crippen LogP) is 4.50. The number of rotatable bonds is 4. The van der Waals surface area contributed by atoms with Crippen molar-refractivity contribution in [2.75, 3.05) is 11.4 Å². The quantitative estimate of drug-likeness (QED) is 0.712. The van der Waals surface area contributed by atoms with Crippen molar-refractivity contribution in [3.05, 3.63) is 29.3 Å². The summed E-state index contributed by atoms with van der Waals surface area (Å²) in [6.45, 7) is 5.46. The predicted molar refractivity (Wildman–Crippen MR) is 76.0 cm³/mol. The van der Waals surface area contributed by atoms with Gasteiger partial charge in [-0.25, -0.2) is 0 Å². The van der Waals surface area contributed by atoms with E-state index in [1.165, 1.54) is 42.5 Å². The van der Waals surface area contributed by atoms with E-state index in [1.807, 2.05) is 0 Å². The number of alkyl halides is 1. The SMILES string of the molecule is CCN(c1ccc(C)cc1CCl)C1CCCC1. The number of hydrogen-bond acceptors (Lipinski definition) is 1. The van der Waals surface area contributed by atoms with E-state index in [2.05, 4.69) is 36.9 Å². The van der Waals surface area contributed by atoms with Crippen LogP contribution in [0.1, 0.15) is 43.7 Å². The molecule has 1 aliphatic carbocycles. The molecule has 17 heavy (non-hydrogen) atoms. The van der Waals surface area contributed by atoms with Crippen LogP contribution in [-0.4, -0.2) is 12.6 Å². The Labute approximate surface area is 110 Å². The van der Waals surface area contributed by atoms with Gasteiger partial charge in [0.15, 0.2) is 0 Å². The van der Waals surface area contributed by atoms with Crippen molar-refractivity contribution in [3.8, 4) is 0 Å². The molecule has 1 aromatic carbocycles. The maximum atomic E-state index is 6.09. The molecule has 1 aromatic rings. The molecule has 0 spiro atoms. The summed E-state index contributed by atoms with van der Waals surface area (Å²) in [5, 5.41) is 0. The maximum absolute atomic E-state index is 6.09. The zero-order chi connectivity index (χ0) is 12.3. The summed E-state index contributed by atoms with van der Waals surface area (Å²) in [6.07, 6.45) is 5.43. The fraction of sp³-hybridized carbons (Fsp3) is 0.600. The smallest absolute Gasteiger partial charge is 0.0494 e. The van der Waals surface area contributed by atoms with E-state index in [0.29, 0.717) is 5.88 Å². The average molecular weight is 252 g/mol. The van der Waals surface area contributed by atoms with Gasteiger partial charge in [-0.15, -0.1) is 11.6 Å². The molecule has 1 fully saturated rings. The van der Waals surface area contributed by atoms with Gasteiger partial charge in [0.1, 0.15) is 0 Å². The van der Waals surface area contributed by atoms with Crippen LogP contribution in [0.15, 0.2) is 18.2 Å². The van der Waals surface area contributed by atoms with Crippen LogP contribution in [0.3, 0.4) is 0 Å². The minimum Gasteiger partial charge on any atom is -0.369 e. The largest absolute Gasteiger partial charge is 0.369 e. The molecule has 0 amide bonds. The lowest BCUT2D eigenvalue weighted by Crippen LogP contribution is -2.33. The van der Waals surface area contributed by atoms with E-state index < -0.39 is 0 Å². The van der Waals surface area contributed by atoms with Gasteiger partial charge >= 0.3 is 0 Å². The van der Waals surface area contributed by atoms with Gasteiger partial charge in [-0.2, -0.15) is 0 Å². The van der Waals surface area contributed by atoms with E-state index in [1.54, 1.807) is 0 Å². The van der Waals surface area contributed by atoms with Crippen LogP contribution in [0.4, 0.5) is 5.69 Å². The van der Waals surface area contributed by atoms with Crippen LogP contribution in [0.2, 0.25) is 0 Å². The van der Waals surface area contributed by atoms with Crippen molar-refractivity contribution in [2.45, 2.75) is 51.5 Å². The highest BCUT2D eigenvalue weighted by Gasteiger charge is 2.22. The van der Waals surface area contributed by atoms with Crippen molar-refractivity contribution in [1.29, 1.82) is 0 Å². The molecule has 0 aliphatic heterocycles. The third kappa shape index (κ3) is 2.77. The molecule has 0 radical (unpaired) electrons. The van der Waals surface area contributed by atoms with Gasteiger partial charge in [0.25, 0.3) is 0 Å². The highest BCUT2D eigenvalue weighted by Crippen LogP contribution is 2.31. The minimum absolute atomic E-state index is 0.611. The third-order valence-corrected chi connectivity index (χ3v) is 4.08. The number of hydrogen-bond donors (Lipinski definition) is 0. The molecule has 94 valence electrons. The lowest BCUT2D eigenvalue weighted by Gasteiger charge is -2.31. The van der Waals surface area contributed by atoms with E-state index in [9.17, 15) is 0 Å². The molecule has 2 heteroatoms. The summed E-state index contributed by atoms with van der Waals surface area (Å²) in [7, 11) is 0. The maximum Gasteiger partial charge on any atom is 0.0494 e. The fourth-order valence-electron chi connectivity index (χ4n) is 2.94. The second-order valence-electron chi connectivity index (χ2n) is 4.99. The van der Waals surface area contributed by atoms with Crippen LogP contribution in [0.5, 0.6) is 0 Å². The van der Waals surface area contributed by atoms with Crippen molar-refractivity contribution < 1.29 is 0 Å². The molecular formula is C15H22ClN. The van der Waals surface area contributed by atoms with Crippen LogP contribution in [-0.2, 0) is 5.88 Å². The molecule has 0 atom stereocenters. The molecule has 0 saturated heterocycles. The second kappa shape index (κ2) is 5.77. The van der Waals surface area contributed by atoms with Gasteiger partial charge in [0.05, 0.1) is 0 Å². The highest BCUT2D eigenvalue weighted by molar-refractivity contribution is 6.17. The standard InChI is InChI=1S/C15H22ClN/c1-3-17(14-6-4-5-7-14)15-9-8-12(2)10-13(15)11-16/h8-10,14H,3-7,11H2,1-2H3. The normalized spacial score (nSPS) is 16.4. The Hall–Kier alpha value is -0.690. The van der Waals surface area contributed by atoms with Crippen molar-refractivity contribution in [2.24, 2.45) is 0 Å². The first-order valence-corrected chi connectivity index (χ1v) is 7.22. The Kier molecular flexibility index (Phi) is 4.33. The summed E-state index contributed by atoms with van der Waals surface area (Å²) in [6, 6.07) is 7.39. The van der Waals surface area contributed by atoms with E-state index in [0.717, 1.165) is 12.6 Å². The summed E-state index contributed by atoms with van der Waals surface area (Å²) in [4.78, 5) is 2.55. The Balaban J connectivity index is 2.29. The summed E-state index contributed by atoms with van der Waals surface area (Å²) >= 11 is 6.09. The van der Waals surface area contributed by atoms with Crippen LogP contribution in [0, 0.1) is 6.92 Å². The molecular weight excluding hydrogens is 230 g/mol. The summed E-state index contributed by atoms with van der Waals surface area (Å²) in [5.74, 6) is 0.611. The van der Waals surface area contributed by atoms with Gasteiger partial charge in [-0.05, 0) is 38.3 Å². The Morgan fingerprint density at radius 2 is 2.00 bits per heavy atom.